The highest BCUT2D eigenvalue weighted by Crippen LogP contribution is 2.56. The van der Waals surface area contributed by atoms with Crippen molar-refractivity contribution in [3.8, 4) is 61.3 Å². The molecule has 0 saturated carbocycles. The van der Waals surface area contributed by atoms with Crippen molar-refractivity contribution in [1.82, 2.24) is 4.57 Å². The van der Waals surface area contributed by atoms with Crippen LogP contribution in [0.5, 0.6) is 0 Å². The molecule has 88 heavy (non-hydrogen) atoms. The number of aromatic nitrogens is 1. The van der Waals surface area contributed by atoms with Gasteiger partial charge in [0.15, 0.2) is 0 Å². The second kappa shape index (κ2) is 25.9. The third-order valence-electron chi connectivity index (χ3n) is 20.3. The number of anilines is 3. The molecule has 2 nitrogen and oxygen atoms in total. The van der Waals surface area contributed by atoms with Crippen LogP contribution in [-0.2, 0) is 10.8 Å². The van der Waals surface area contributed by atoms with Gasteiger partial charge in [0.25, 0.3) is 0 Å². The molecule has 0 unspecified atom stereocenters. The fraction of sp³-hybridized carbons (Fsp3) is 0.302. The van der Waals surface area contributed by atoms with Crippen LogP contribution in [0.3, 0.4) is 0 Å². The zero-order valence-corrected chi connectivity index (χ0v) is 53.4. The molecule has 2 heteroatoms. The van der Waals surface area contributed by atoms with E-state index < -0.39 is 0 Å². The van der Waals surface area contributed by atoms with Gasteiger partial charge in [-0.25, -0.2) is 0 Å². The summed E-state index contributed by atoms with van der Waals surface area (Å²) in [5, 5.41) is 2.60. The van der Waals surface area contributed by atoms with Gasteiger partial charge in [0, 0.05) is 44.2 Å². The van der Waals surface area contributed by atoms with Gasteiger partial charge in [0.2, 0.25) is 0 Å². The maximum atomic E-state index is 2.64. The van der Waals surface area contributed by atoms with Crippen LogP contribution in [0, 0.1) is 13.8 Å². The molecule has 0 saturated heterocycles. The zero-order chi connectivity index (χ0) is 60.2. The maximum Gasteiger partial charge on any atom is 0.0541 e. The molecule has 11 aromatic rings. The molecule has 0 spiro atoms. The molecule has 2 aliphatic carbocycles. The number of benzene rings is 10. The molecular weight excluding hydrogens is 1060 g/mol. The van der Waals surface area contributed by atoms with Crippen molar-refractivity contribution >= 4 is 38.9 Å². The van der Waals surface area contributed by atoms with E-state index in [9.17, 15) is 0 Å². The monoisotopic (exact) mass is 1150 g/mol. The summed E-state index contributed by atoms with van der Waals surface area (Å²) in [6.45, 7) is 13.9. The SMILES string of the molecule is CCCCCCCCCCC1(CCCCCCCCCC)c2cc(C)ccc2-c2ccc(-c3ccc4c(c3)c3cc(C)ccc3n4-c3ccc(-c4ccc(N(c5ccc6c(c5)C(C)(C)c5ccccc5-6)c5ccccc5-c5ccccc5)cc4)cc3)cc21. The van der Waals surface area contributed by atoms with Crippen LogP contribution in [0.15, 0.2) is 218 Å². The minimum absolute atomic E-state index is 0.0335. The predicted molar refractivity (Wildman–Crippen MR) is 379 cm³/mol. The third-order valence-corrected chi connectivity index (χ3v) is 20.3. The van der Waals surface area contributed by atoms with Gasteiger partial charge in [-0.1, -0.05) is 287 Å². The van der Waals surface area contributed by atoms with Crippen molar-refractivity contribution < 1.29 is 0 Å². The van der Waals surface area contributed by atoms with Gasteiger partial charge in [0.1, 0.15) is 0 Å². The third kappa shape index (κ3) is 11.4. The predicted octanol–water partition coefficient (Wildman–Crippen LogP) is 25.5. The van der Waals surface area contributed by atoms with Crippen LogP contribution in [0.2, 0.25) is 0 Å². The Hall–Kier alpha value is -8.20. The van der Waals surface area contributed by atoms with Crippen molar-refractivity contribution in [1.29, 1.82) is 0 Å². The van der Waals surface area contributed by atoms with Crippen LogP contribution >= 0.6 is 0 Å². The first-order valence-electron chi connectivity index (χ1n) is 33.9. The second-order valence-corrected chi connectivity index (χ2v) is 26.6. The highest BCUT2D eigenvalue weighted by molar-refractivity contribution is 6.11. The number of unbranched alkanes of at least 4 members (excludes halogenated alkanes) is 14. The Morgan fingerprint density at radius 3 is 1.48 bits per heavy atom. The Balaban J connectivity index is 0.816. The topological polar surface area (TPSA) is 8.17 Å². The molecule has 0 atom stereocenters. The van der Waals surface area contributed by atoms with Crippen molar-refractivity contribution in [3.05, 3.63) is 252 Å². The van der Waals surface area contributed by atoms with Crippen molar-refractivity contribution in [3.63, 3.8) is 0 Å². The molecule has 0 fully saturated rings. The lowest BCUT2D eigenvalue weighted by molar-refractivity contribution is 0.397. The lowest BCUT2D eigenvalue weighted by Gasteiger charge is -2.33. The summed E-state index contributed by atoms with van der Waals surface area (Å²) in [4.78, 5) is 2.46. The Kier molecular flexibility index (Phi) is 17.3. The van der Waals surface area contributed by atoms with Crippen molar-refractivity contribution in [2.24, 2.45) is 0 Å². The average molecular weight is 1150 g/mol. The van der Waals surface area contributed by atoms with Crippen molar-refractivity contribution in [2.75, 3.05) is 4.90 Å². The summed E-state index contributed by atoms with van der Waals surface area (Å²) in [5.74, 6) is 0. The lowest BCUT2D eigenvalue weighted by atomic mass is 9.70. The van der Waals surface area contributed by atoms with E-state index in [1.54, 1.807) is 11.1 Å². The van der Waals surface area contributed by atoms with Gasteiger partial charge in [-0.3, -0.25) is 0 Å². The highest BCUT2D eigenvalue weighted by atomic mass is 15.1. The van der Waals surface area contributed by atoms with Crippen LogP contribution in [0.1, 0.15) is 177 Å². The maximum absolute atomic E-state index is 2.64. The first kappa shape index (κ1) is 58.8. The summed E-state index contributed by atoms with van der Waals surface area (Å²) in [6.07, 6.45) is 24.1. The van der Waals surface area contributed by atoms with E-state index in [0.29, 0.717) is 0 Å². The van der Waals surface area contributed by atoms with Gasteiger partial charge < -0.3 is 9.47 Å². The van der Waals surface area contributed by atoms with E-state index in [-0.39, 0.29) is 10.8 Å². The lowest BCUT2D eigenvalue weighted by Crippen LogP contribution is -2.25. The normalized spacial score (nSPS) is 13.4. The molecule has 1 heterocycles. The molecular formula is C86H90N2. The van der Waals surface area contributed by atoms with E-state index in [1.807, 2.05) is 0 Å². The molecule has 0 aliphatic heterocycles. The Bertz CT molecular complexity index is 4210. The van der Waals surface area contributed by atoms with Gasteiger partial charge in [-0.05, 0) is 172 Å². The van der Waals surface area contributed by atoms with E-state index in [2.05, 4.69) is 269 Å². The van der Waals surface area contributed by atoms with Crippen LogP contribution in [0.4, 0.5) is 17.1 Å². The molecule has 0 radical (unpaired) electrons. The number of hydrogen-bond donors (Lipinski definition) is 0. The summed E-state index contributed by atoms with van der Waals surface area (Å²) in [5.41, 5.74) is 28.5. The minimum atomic E-state index is -0.119. The fourth-order valence-electron chi connectivity index (χ4n) is 15.6. The van der Waals surface area contributed by atoms with Crippen LogP contribution < -0.4 is 4.90 Å². The van der Waals surface area contributed by atoms with Crippen LogP contribution in [0.25, 0.3) is 83.1 Å². The van der Waals surface area contributed by atoms with Crippen LogP contribution in [-0.4, -0.2) is 4.57 Å². The molecule has 10 aromatic carbocycles. The minimum Gasteiger partial charge on any atom is -0.310 e. The first-order chi connectivity index (χ1) is 43.1. The molecule has 1 aromatic heterocycles. The molecule has 2 aliphatic rings. The van der Waals surface area contributed by atoms with Crippen molar-refractivity contribution in [2.45, 2.75) is 168 Å². The fourth-order valence-corrected chi connectivity index (χ4v) is 15.6. The number of rotatable bonds is 25. The second-order valence-electron chi connectivity index (χ2n) is 26.6. The number of hydrogen-bond acceptors (Lipinski definition) is 1. The summed E-state index contributed by atoms with van der Waals surface area (Å²) in [6, 6.07) is 83.4. The molecule has 13 rings (SSSR count). The van der Waals surface area contributed by atoms with Gasteiger partial charge >= 0.3 is 0 Å². The summed E-state index contributed by atoms with van der Waals surface area (Å²) >= 11 is 0. The smallest absolute Gasteiger partial charge is 0.0541 e. The molecule has 0 amide bonds. The largest absolute Gasteiger partial charge is 0.310 e. The molecule has 0 bridgehead atoms. The quantitative estimate of drug-likeness (QED) is 0.0518. The number of para-hydroxylation sites is 1. The number of fused-ring (bicyclic) bond motifs is 9. The average Bonchev–Trinajstić information content (AvgIpc) is 1.66. The van der Waals surface area contributed by atoms with E-state index in [1.165, 1.54) is 221 Å². The standard InChI is InChI=1S/C86H90N2/c1-7-9-11-13-15-17-19-28-54-86(55-29-20-18-16-14-12-10-8-2)80-57-62(4)36-49-74(80)75-50-42-67(59-81(75)86)66-43-53-84-77(58-66)76-56-61(3)37-52-83(76)88(84)69-46-40-64(41-47-69)63-38-44-68(45-39-63)87(82-35-27-25-32-71(82)65-30-22-21-23-31-65)70-48-51-73-72-33-24-26-34-78(72)85(5,6)79(73)60-70/h21-27,30-53,56-60H,7-20,28-29,54-55H2,1-6H3. The van der Waals surface area contributed by atoms with E-state index in [4.69, 9.17) is 0 Å². The Labute approximate surface area is 526 Å². The molecule has 444 valence electrons. The van der Waals surface area contributed by atoms with E-state index >= 15 is 0 Å². The van der Waals surface area contributed by atoms with Gasteiger partial charge in [0.05, 0.1) is 16.7 Å². The van der Waals surface area contributed by atoms with Gasteiger partial charge in [-0.15, -0.1) is 0 Å². The summed E-state index contributed by atoms with van der Waals surface area (Å²) in [7, 11) is 0. The number of aryl methyl sites for hydroxylation is 2. The van der Waals surface area contributed by atoms with Gasteiger partial charge in [-0.2, -0.15) is 0 Å². The highest BCUT2D eigenvalue weighted by Gasteiger charge is 2.43. The first-order valence-corrected chi connectivity index (χ1v) is 33.9. The molecule has 0 N–H and O–H groups in total. The Morgan fingerprint density at radius 1 is 0.330 bits per heavy atom. The number of nitrogens with zero attached hydrogens (tertiary/aromatic N) is 2. The Morgan fingerprint density at radius 2 is 0.795 bits per heavy atom. The zero-order valence-electron chi connectivity index (χ0n) is 53.4. The summed E-state index contributed by atoms with van der Waals surface area (Å²) < 4.78 is 2.49. The van der Waals surface area contributed by atoms with E-state index in [0.717, 1.165) is 17.1 Å².